The van der Waals surface area contributed by atoms with Crippen molar-refractivity contribution in [2.24, 2.45) is 0 Å². The topological polar surface area (TPSA) is 74.3 Å². The first-order valence-corrected chi connectivity index (χ1v) is 12.4. The molecule has 0 aliphatic carbocycles. The minimum atomic E-state index is -0.411. The molecule has 4 aromatic rings. The second-order valence-corrected chi connectivity index (χ2v) is 9.48. The second kappa shape index (κ2) is 9.33. The highest BCUT2D eigenvalue weighted by atomic mass is 35.5. The predicted molar refractivity (Wildman–Crippen MR) is 131 cm³/mol. The number of hydrogen-bond acceptors (Lipinski definition) is 6. The molecular weight excluding hydrogens is 460 g/mol. The maximum absolute atomic E-state index is 13.3. The van der Waals surface area contributed by atoms with Gasteiger partial charge in [-0.3, -0.25) is 9.36 Å². The molecule has 1 unspecified atom stereocenters. The van der Waals surface area contributed by atoms with Crippen molar-refractivity contribution in [2.45, 2.75) is 49.7 Å². The van der Waals surface area contributed by atoms with Gasteiger partial charge < -0.3 is 9.15 Å². The highest BCUT2D eigenvalue weighted by Crippen LogP contribution is 2.30. The van der Waals surface area contributed by atoms with Crippen molar-refractivity contribution in [1.29, 1.82) is 0 Å². The molecule has 1 aliphatic heterocycles. The molecule has 5 rings (SSSR count). The first kappa shape index (κ1) is 22.2. The lowest BCUT2D eigenvalue weighted by Gasteiger charge is -2.16. The van der Waals surface area contributed by atoms with Crippen molar-refractivity contribution < 1.29 is 9.15 Å². The van der Waals surface area contributed by atoms with Crippen molar-refractivity contribution in [3.8, 4) is 0 Å². The van der Waals surface area contributed by atoms with Crippen LogP contribution in [0.4, 0.5) is 0 Å². The summed E-state index contributed by atoms with van der Waals surface area (Å²) < 4.78 is 12.9. The van der Waals surface area contributed by atoms with E-state index in [1.54, 1.807) is 10.6 Å². The van der Waals surface area contributed by atoms with Gasteiger partial charge in [-0.15, -0.1) is 0 Å². The van der Waals surface area contributed by atoms with E-state index in [0.29, 0.717) is 39.0 Å². The summed E-state index contributed by atoms with van der Waals surface area (Å²) in [6.07, 6.45) is 2.66. The Bertz CT molecular complexity index is 1460. The zero-order chi connectivity index (χ0) is 22.9. The van der Waals surface area contributed by atoms with Crippen LogP contribution < -0.4 is 11.2 Å². The molecule has 0 amide bonds. The zero-order valence-corrected chi connectivity index (χ0v) is 19.7. The molecule has 0 saturated carbocycles. The minimum absolute atomic E-state index is 0.000818. The average Bonchev–Trinajstić information content (AvgIpc) is 3.33. The van der Waals surface area contributed by atoms with E-state index in [1.807, 2.05) is 37.3 Å². The van der Waals surface area contributed by atoms with Gasteiger partial charge in [0.15, 0.2) is 5.16 Å². The third kappa shape index (κ3) is 4.45. The summed E-state index contributed by atoms with van der Waals surface area (Å²) in [4.78, 5) is 30.3. The molecule has 6 nitrogen and oxygen atoms in total. The van der Waals surface area contributed by atoms with Gasteiger partial charge in [0, 0.05) is 28.8 Å². The van der Waals surface area contributed by atoms with E-state index in [9.17, 15) is 9.59 Å². The lowest BCUT2D eigenvalue weighted by molar-refractivity contribution is 0.0937. The minimum Gasteiger partial charge on any atom is -0.423 e. The molecule has 2 aromatic carbocycles. The molecule has 33 heavy (non-hydrogen) atoms. The maximum Gasteiger partial charge on any atom is 0.336 e. The SMILES string of the molecule is CCc1cc2oc(=O)cc(CSc3nc4ccccc4c(=O)n3CC3CCCO3)c2cc1Cl. The van der Waals surface area contributed by atoms with E-state index in [1.165, 1.54) is 17.8 Å². The van der Waals surface area contributed by atoms with E-state index >= 15 is 0 Å². The highest BCUT2D eigenvalue weighted by Gasteiger charge is 2.20. The summed E-state index contributed by atoms with van der Waals surface area (Å²) in [7, 11) is 0. The van der Waals surface area contributed by atoms with Gasteiger partial charge in [0.2, 0.25) is 0 Å². The summed E-state index contributed by atoms with van der Waals surface area (Å²) in [6.45, 7) is 3.18. The molecule has 0 N–H and O–H groups in total. The molecule has 1 saturated heterocycles. The van der Waals surface area contributed by atoms with Crippen LogP contribution in [0.25, 0.3) is 21.9 Å². The molecule has 1 fully saturated rings. The number of hydrogen-bond donors (Lipinski definition) is 0. The maximum atomic E-state index is 13.3. The summed E-state index contributed by atoms with van der Waals surface area (Å²) in [5, 5.41) is 2.62. The fourth-order valence-corrected chi connectivity index (χ4v) is 5.53. The third-order valence-corrected chi connectivity index (χ3v) is 7.35. The monoisotopic (exact) mass is 482 g/mol. The van der Waals surface area contributed by atoms with Crippen LogP contribution in [0.5, 0.6) is 0 Å². The number of thioether (sulfide) groups is 1. The normalized spacial score (nSPS) is 16.1. The van der Waals surface area contributed by atoms with Crippen LogP contribution in [-0.4, -0.2) is 22.3 Å². The van der Waals surface area contributed by atoms with Crippen molar-refractivity contribution in [3.05, 3.63) is 79.4 Å². The van der Waals surface area contributed by atoms with Crippen LogP contribution in [0.3, 0.4) is 0 Å². The molecule has 170 valence electrons. The van der Waals surface area contributed by atoms with Crippen LogP contribution in [0.2, 0.25) is 5.02 Å². The van der Waals surface area contributed by atoms with Gasteiger partial charge in [-0.1, -0.05) is 42.4 Å². The van der Waals surface area contributed by atoms with Gasteiger partial charge in [-0.05, 0) is 54.7 Å². The second-order valence-electron chi connectivity index (χ2n) is 8.13. The first-order chi connectivity index (χ1) is 16.0. The highest BCUT2D eigenvalue weighted by molar-refractivity contribution is 7.98. The van der Waals surface area contributed by atoms with Gasteiger partial charge >= 0.3 is 5.63 Å². The fourth-order valence-electron chi connectivity index (χ4n) is 4.23. The molecule has 0 bridgehead atoms. The molecule has 3 heterocycles. The van der Waals surface area contributed by atoms with Gasteiger partial charge in [-0.2, -0.15) is 0 Å². The Hall–Kier alpha value is -2.61. The number of rotatable bonds is 6. The number of halogens is 1. The number of ether oxygens (including phenoxy) is 1. The Morgan fingerprint density at radius 1 is 1.15 bits per heavy atom. The van der Waals surface area contributed by atoms with Crippen molar-refractivity contribution >= 4 is 45.2 Å². The van der Waals surface area contributed by atoms with Crippen LogP contribution in [-0.2, 0) is 23.5 Å². The van der Waals surface area contributed by atoms with Crippen LogP contribution in [0, 0.1) is 0 Å². The number of aromatic nitrogens is 2. The summed E-state index contributed by atoms with van der Waals surface area (Å²) in [5.41, 5.74) is 2.40. The van der Waals surface area contributed by atoms with Gasteiger partial charge in [-0.25, -0.2) is 9.78 Å². The Balaban J connectivity index is 1.55. The first-order valence-electron chi connectivity index (χ1n) is 11.0. The molecule has 2 aromatic heterocycles. The number of benzene rings is 2. The lowest BCUT2D eigenvalue weighted by Crippen LogP contribution is -2.28. The number of aryl methyl sites for hydroxylation is 1. The predicted octanol–water partition coefficient (Wildman–Crippen LogP) is 5.19. The van der Waals surface area contributed by atoms with Gasteiger partial charge in [0.1, 0.15) is 5.58 Å². The van der Waals surface area contributed by atoms with Crippen molar-refractivity contribution in [1.82, 2.24) is 9.55 Å². The van der Waals surface area contributed by atoms with Crippen molar-refractivity contribution in [2.75, 3.05) is 6.61 Å². The summed E-state index contributed by atoms with van der Waals surface area (Å²) in [6, 6.07) is 12.5. The van der Waals surface area contributed by atoms with Crippen LogP contribution >= 0.6 is 23.4 Å². The Morgan fingerprint density at radius 3 is 2.79 bits per heavy atom. The molecule has 1 aliphatic rings. The Morgan fingerprint density at radius 2 is 2.00 bits per heavy atom. The van der Waals surface area contributed by atoms with Crippen molar-refractivity contribution in [3.63, 3.8) is 0 Å². The smallest absolute Gasteiger partial charge is 0.336 e. The molecule has 8 heteroatoms. The number of para-hydroxylation sites is 1. The molecule has 0 radical (unpaired) electrons. The molecular formula is C25H23ClN2O4S. The Labute approximate surface area is 199 Å². The summed E-state index contributed by atoms with van der Waals surface area (Å²) >= 11 is 7.87. The van der Waals surface area contributed by atoms with E-state index < -0.39 is 5.63 Å². The average molecular weight is 483 g/mol. The van der Waals surface area contributed by atoms with E-state index in [2.05, 4.69) is 0 Å². The standard InChI is InChI=1S/C25H23ClN2O4S/c1-2-15-10-22-19(12-20(15)26)16(11-23(29)32-22)14-33-25-27-21-8-4-3-7-18(21)24(30)28(25)13-17-6-5-9-31-17/h3-4,7-8,10-12,17H,2,5-6,9,13-14H2,1H3. The van der Waals surface area contributed by atoms with Gasteiger partial charge in [0.05, 0.1) is 23.6 Å². The number of fused-ring (bicyclic) bond motifs is 2. The molecule has 0 spiro atoms. The lowest BCUT2D eigenvalue weighted by atomic mass is 10.1. The largest absolute Gasteiger partial charge is 0.423 e. The Kier molecular flexibility index (Phi) is 6.27. The summed E-state index contributed by atoms with van der Waals surface area (Å²) in [5.74, 6) is 0.445. The van der Waals surface area contributed by atoms with E-state index in [4.69, 9.17) is 25.7 Å². The van der Waals surface area contributed by atoms with Gasteiger partial charge in [0.25, 0.3) is 5.56 Å². The quantitative estimate of drug-likeness (QED) is 0.214. The van der Waals surface area contributed by atoms with Crippen LogP contribution in [0.15, 0.2) is 61.6 Å². The fraction of sp³-hybridized carbons (Fsp3) is 0.320. The van der Waals surface area contributed by atoms with E-state index in [0.717, 1.165) is 42.4 Å². The zero-order valence-electron chi connectivity index (χ0n) is 18.2. The molecule has 1 atom stereocenters. The number of nitrogens with zero attached hydrogens (tertiary/aromatic N) is 2. The van der Waals surface area contributed by atoms with E-state index in [-0.39, 0.29) is 11.7 Å². The third-order valence-electron chi connectivity index (χ3n) is 5.97. The van der Waals surface area contributed by atoms with Crippen LogP contribution in [0.1, 0.15) is 30.9 Å².